The van der Waals surface area contributed by atoms with E-state index >= 15 is 0 Å². The summed E-state index contributed by atoms with van der Waals surface area (Å²) in [6, 6.07) is 0. The minimum atomic E-state index is -0.887. The van der Waals surface area contributed by atoms with Gasteiger partial charge in [-0.25, -0.2) is 0 Å². The summed E-state index contributed by atoms with van der Waals surface area (Å²) >= 11 is 0. The smallest absolute Gasteiger partial charge is 0.390 e. The van der Waals surface area contributed by atoms with Gasteiger partial charge in [-0.3, -0.25) is 0 Å². The SMILES string of the molecule is O=[N+]([O-])c1nc(N=Nc2nc([N+](=O)[O-])nn2-c2nn[nH]n2)n(-c2nn[nH]n2)n1. The van der Waals surface area contributed by atoms with Crippen LogP contribution in [0.3, 0.4) is 0 Å². The Kier molecular flexibility index (Phi) is 3.65. The molecule has 4 rings (SSSR count). The summed E-state index contributed by atoms with van der Waals surface area (Å²) in [5, 5.41) is 61.4. The van der Waals surface area contributed by atoms with Gasteiger partial charge in [0.15, 0.2) is 0 Å². The lowest BCUT2D eigenvalue weighted by Crippen LogP contribution is -2.00. The molecule has 0 radical (unpaired) electrons. The molecule has 0 unspecified atom stereocenters. The van der Waals surface area contributed by atoms with Crippen molar-refractivity contribution in [3.05, 3.63) is 20.2 Å². The summed E-state index contributed by atoms with van der Waals surface area (Å²) in [6.07, 6.45) is 0. The van der Waals surface area contributed by atoms with Crippen LogP contribution in [0.25, 0.3) is 11.9 Å². The van der Waals surface area contributed by atoms with E-state index in [0.717, 1.165) is 9.36 Å². The van der Waals surface area contributed by atoms with Gasteiger partial charge >= 0.3 is 35.7 Å². The van der Waals surface area contributed by atoms with Crippen molar-refractivity contribution in [2.45, 2.75) is 0 Å². The van der Waals surface area contributed by atoms with Gasteiger partial charge in [-0.2, -0.15) is 10.4 Å². The molecule has 2 N–H and O–H groups in total. The van der Waals surface area contributed by atoms with Crippen LogP contribution in [0.5, 0.6) is 0 Å². The Morgan fingerprint density at radius 1 is 0.786 bits per heavy atom. The van der Waals surface area contributed by atoms with E-state index in [4.69, 9.17) is 0 Å². The molecule has 0 spiro atoms. The van der Waals surface area contributed by atoms with E-state index in [2.05, 4.69) is 71.6 Å². The average Bonchev–Trinajstić information content (AvgIpc) is 3.46. The van der Waals surface area contributed by atoms with Crippen LogP contribution >= 0.6 is 0 Å². The van der Waals surface area contributed by atoms with Gasteiger partial charge in [0.1, 0.15) is 0 Å². The first-order chi connectivity index (χ1) is 13.5. The number of aromatic nitrogens is 14. The number of nitrogens with one attached hydrogen (secondary N) is 2. The number of azo groups is 1. The molecule has 4 aromatic heterocycles. The van der Waals surface area contributed by atoms with Gasteiger partial charge in [-0.05, 0) is 30.2 Å². The van der Waals surface area contributed by atoms with Crippen molar-refractivity contribution in [1.29, 1.82) is 0 Å². The van der Waals surface area contributed by atoms with E-state index in [-0.39, 0.29) is 11.9 Å². The third-order valence-corrected chi connectivity index (χ3v) is 2.76. The molecular formula is C6H2N18O4. The number of nitro groups is 2. The van der Waals surface area contributed by atoms with Crippen LogP contribution in [0.15, 0.2) is 10.2 Å². The molecule has 140 valence electrons. The molecule has 0 amide bonds. The second-order valence-corrected chi connectivity index (χ2v) is 4.39. The van der Waals surface area contributed by atoms with E-state index in [9.17, 15) is 20.2 Å². The van der Waals surface area contributed by atoms with Crippen LogP contribution in [-0.4, -0.2) is 80.6 Å². The number of rotatable bonds is 6. The Balaban J connectivity index is 1.78. The van der Waals surface area contributed by atoms with Crippen molar-refractivity contribution in [3.8, 4) is 11.9 Å². The van der Waals surface area contributed by atoms with Crippen molar-refractivity contribution in [2.75, 3.05) is 0 Å². The molecule has 0 aliphatic heterocycles. The standard InChI is InChI=1S/C6H2N18O4/c25-23(26)3-7-1(21(15-3)5-11-17-18-12-5)9-10-2-8-4(24(27)28)16-22(2)6-13-19-20-14-6/h(H,11,12,17,18)(H,13,14,19,20). The number of hydrogen-bond donors (Lipinski definition) is 2. The second-order valence-electron chi connectivity index (χ2n) is 4.39. The molecular weight excluding hydrogens is 388 g/mol. The van der Waals surface area contributed by atoms with Gasteiger partial charge in [-0.15, -0.1) is 10.2 Å². The fraction of sp³-hybridized carbons (Fsp3) is 0. The molecule has 0 fully saturated rings. The molecule has 28 heavy (non-hydrogen) atoms. The van der Waals surface area contributed by atoms with E-state index < -0.39 is 33.6 Å². The lowest BCUT2D eigenvalue weighted by molar-refractivity contribution is -0.394. The summed E-state index contributed by atoms with van der Waals surface area (Å²) in [5.74, 6) is -2.99. The Bertz CT molecular complexity index is 1070. The molecule has 0 saturated heterocycles. The topological polar surface area (TPSA) is 281 Å². The molecule has 0 atom stereocenters. The van der Waals surface area contributed by atoms with E-state index in [0.29, 0.717) is 0 Å². The normalized spacial score (nSPS) is 11.3. The average molecular weight is 390 g/mol. The maximum Gasteiger partial charge on any atom is 0.493 e. The highest BCUT2D eigenvalue weighted by Crippen LogP contribution is 2.22. The number of nitrogens with zero attached hydrogens (tertiary/aromatic N) is 16. The van der Waals surface area contributed by atoms with Gasteiger partial charge in [0, 0.05) is 10.2 Å². The minimum absolute atomic E-state index is 0.222. The number of hydrogen-bond acceptors (Lipinski definition) is 16. The third-order valence-electron chi connectivity index (χ3n) is 2.76. The zero-order valence-electron chi connectivity index (χ0n) is 12.8. The van der Waals surface area contributed by atoms with E-state index in [1.807, 2.05) is 0 Å². The fourth-order valence-corrected chi connectivity index (χ4v) is 1.72. The second kappa shape index (κ2) is 6.28. The first-order valence-corrected chi connectivity index (χ1v) is 6.65. The Morgan fingerprint density at radius 2 is 1.21 bits per heavy atom. The Labute approximate surface area is 148 Å². The van der Waals surface area contributed by atoms with Crippen molar-refractivity contribution in [3.63, 3.8) is 0 Å². The lowest BCUT2D eigenvalue weighted by atomic mass is 10.9. The molecule has 0 aromatic carbocycles. The van der Waals surface area contributed by atoms with Crippen LogP contribution in [0.2, 0.25) is 0 Å². The predicted octanol–water partition coefficient (Wildman–Crippen LogP) is -1.89. The first kappa shape index (κ1) is 16.3. The monoisotopic (exact) mass is 390 g/mol. The van der Waals surface area contributed by atoms with Crippen LogP contribution in [0, 0.1) is 20.2 Å². The molecule has 4 aromatic rings. The van der Waals surface area contributed by atoms with Crippen molar-refractivity contribution >= 4 is 23.8 Å². The van der Waals surface area contributed by atoms with Crippen LogP contribution in [0.4, 0.5) is 23.8 Å². The van der Waals surface area contributed by atoms with Crippen molar-refractivity contribution in [1.82, 2.24) is 70.8 Å². The molecule has 22 heteroatoms. The fourth-order valence-electron chi connectivity index (χ4n) is 1.72. The largest absolute Gasteiger partial charge is 0.493 e. The summed E-state index contributed by atoms with van der Waals surface area (Å²) in [5.41, 5.74) is 0. The van der Waals surface area contributed by atoms with Crippen molar-refractivity contribution in [2.24, 2.45) is 10.2 Å². The summed E-state index contributed by atoms with van der Waals surface area (Å²) in [6.45, 7) is 0. The molecule has 22 nitrogen and oxygen atoms in total. The Hall–Kier alpha value is -5.18. The molecule has 0 saturated carbocycles. The van der Waals surface area contributed by atoms with Crippen LogP contribution in [0.1, 0.15) is 0 Å². The highest BCUT2D eigenvalue weighted by Gasteiger charge is 2.28. The molecule has 0 aliphatic rings. The summed E-state index contributed by atoms with van der Waals surface area (Å²) in [4.78, 5) is 27.1. The van der Waals surface area contributed by atoms with Gasteiger partial charge in [0.25, 0.3) is 0 Å². The predicted molar refractivity (Wildman–Crippen MR) is 75.7 cm³/mol. The molecule has 4 heterocycles. The van der Waals surface area contributed by atoms with Gasteiger partial charge in [0.2, 0.25) is 0 Å². The Morgan fingerprint density at radius 3 is 1.54 bits per heavy atom. The lowest BCUT2D eigenvalue weighted by Gasteiger charge is -1.88. The molecule has 0 bridgehead atoms. The highest BCUT2D eigenvalue weighted by atomic mass is 16.6. The summed E-state index contributed by atoms with van der Waals surface area (Å²) in [7, 11) is 0. The third kappa shape index (κ3) is 2.82. The van der Waals surface area contributed by atoms with Gasteiger partial charge < -0.3 is 20.2 Å². The van der Waals surface area contributed by atoms with Crippen LogP contribution in [-0.2, 0) is 0 Å². The quantitative estimate of drug-likeness (QED) is 0.206. The maximum absolute atomic E-state index is 10.9. The minimum Gasteiger partial charge on any atom is -0.390 e. The zero-order chi connectivity index (χ0) is 19.7. The first-order valence-electron chi connectivity index (χ1n) is 6.65. The zero-order valence-corrected chi connectivity index (χ0v) is 12.8. The van der Waals surface area contributed by atoms with Crippen LogP contribution < -0.4 is 0 Å². The number of H-pyrrole nitrogens is 2. The van der Waals surface area contributed by atoms with E-state index in [1.54, 1.807) is 0 Å². The van der Waals surface area contributed by atoms with Gasteiger partial charge in [-0.1, -0.05) is 29.8 Å². The summed E-state index contributed by atoms with van der Waals surface area (Å²) < 4.78 is 1.52. The molecule has 0 aliphatic carbocycles. The highest BCUT2D eigenvalue weighted by molar-refractivity contribution is 5.31. The number of aromatic amines is 2. The maximum atomic E-state index is 10.9. The van der Waals surface area contributed by atoms with Crippen molar-refractivity contribution < 1.29 is 9.85 Å². The van der Waals surface area contributed by atoms with Gasteiger partial charge in [0.05, 0.1) is 0 Å². The van der Waals surface area contributed by atoms with E-state index in [1.165, 1.54) is 0 Å². The number of tetrazole rings is 2.